The van der Waals surface area contributed by atoms with Crippen molar-refractivity contribution in [1.29, 1.82) is 0 Å². The number of nitrogens with one attached hydrogen (secondary N) is 1. The number of amides is 2. The Kier molecular flexibility index (Phi) is 3.69. The zero-order valence-corrected chi connectivity index (χ0v) is 17.1. The number of nitrogens with zero attached hydrogens (tertiary/aromatic N) is 1. The van der Waals surface area contributed by atoms with Crippen LogP contribution in [0.2, 0.25) is 0 Å². The minimum Gasteiger partial charge on any atom is -0.447 e. The quantitative estimate of drug-likeness (QED) is 0.853. The van der Waals surface area contributed by atoms with Crippen molar-refractivity contribution in [3.63, 3.8) is 0 Å². The number of alkyl carbamates (subject to hydrolysis) is 1. The molecule has 0 radical (unpaired) electrons. The molecule has 2 aliphatic heterocycles. The van der Waals surface area contributed by atoms with Crippen LogP contribution in [-0.4, -0.2) is 42.1 Å². The number of carbonyl (C=O) groups excluding carboxylic acids is 2. The van der Waals surface area contributed by atoms with Crippen molar-refractivity contribution in [3.8, 4) is 0 Å². The summed E-state index contributed by atoms with van der Waals surface area (Å²) in [6.07, 6.45) is 3.36. The van der Waals surface area contributed by atoms with Gasteiger partial charge in [-0.25, -0.2) is 4.79 Å². The highest BCUT2D eigenvalue weighted by molar-refractivity contribution is 5.82. The van der Waals surface area contributed by atoms with Gasteiger partial charge in [0.25, 0.3) is 0 Å². The number of ether oxygens (including phenoxy) is 1. The molecule has 0 aromatic heterocycles. The Balaban J connectivity index is 1.20. The molecule has 28 heavy (non-hydrogen) atoms. The molecule has 2 atom stereocenters. The third-order valence-electron chi connectivity index (χ3n) is 7.61. The Hall–Kier alpha value is -2.04. The van der Waals surface area contributed by atoms with Crippen molar-refractivity contribution >= 4 is 12.0 Å². The molecule has 4 aliphatic rings. The summed E-state index contributed by atoms with van der Waals surface area (Å²) in [6.45, 7) is 8.88. The van der Waals surface area contributed by atoms with Crippen molar-refractivity contribution in [2.45, 2.75) is 62.8 Å². The van der Waals surface area contributed by atoms with Gasteiger partial charge in [0.2, 0.25) is 5.91 Å². The van der Waals surface area contributed by atoms with Gasteiger partial charge in [-0.1, -0.05) is 45.0 Å². The molecule has 2 saturated carbocycles. The fraction of sp³-hybridized carbons (Fsp3) is 0.652. The van der Waals surface area contributed by atoms with E-state index in [2.05, 4.69) is 55.3 Å². The molecule has 2 unspecified atom stereocenters. The van der Waals surface area contributed by atoms with Gasteiger partial charge >= 0.3 is 6.09 Å². The number of hydrogen-bond donors (Lipinski definition) is 1. The fourth-order valence-corrected chi connectivity index (χ4v) is 5.65. The van der Waals surface area contributed by atoms with E-state index >= 15 is 0 Å². The van der Waals surface area contributed by atoms with E-state index in [1.165, 1.54) is 17.5 Å². The van der Waals surface area contributed by atoms with E-state index in [0.717, 1.165) is 32.4 Å². The first kappa shape index (κ1) is 18.0. The van der Waals surface area contributed by atoms with E-state index < -0.39 is 0 Å². The summed E-state index contributed by atoms with van der Waals surface area (Å²) >= 11 is 0. The summed E-state index contributed by atoms with van der Waals surface area (Å²) in [5.41, 5.74) is 3.02. The Morgan fingerprint density at radius 3 is 2.46 bits per heavy atom. The third kappa shape index (κ3) is 2.73. The van der Waals surface area contributed by atoms with Crippen LogP contribution >= 0.6 is 0 Å². The molecule has 2 amide bonds. The van der Waals surface area contributed by atoms with Crippen LogP contribution in [0.3, 0.4) is 0 Å². The van der Waals surface area contributed by atoms with E-state index in [0.29, 0.717) is 17.9 Å². The number of fused-ring (bicyclic) bond motifs is 1. The number of benzene rings is 1. The summed E-state index contributed by atoms with van der Waals surface area (Å²) in [5, 5.41) is 2.88. The number of piperidine rings is 1. The summed E-state index contributed by atoms with van der Waals surface area (Å²) in [6, 6.07) is 9.19. The van der Waals surface area contributed by atoms with Gasteiger partial charge in [-0.05, 0) is 48.1 Å². The number of hydrogen-bond acceptors (Lipinski definition) is 3. The second-order valence-electron chi connectivity index (χ2n) is 10.5. The van der Waals surface area contributed by atoms with Crippen molar-refractivity contribution in [2.75, 3.05) is 19.7 Å². The maximum Gasteiger partial charge on any atom is 0.407 e. The number of cyclic esters (lactones) is 1. The molecule has 4 fully saturated rings. The van der Waals surface area contributed by atoms with Gasteiger partial charge in [-0.2, -0.15) is 0 Å². The lowest BCUT2D eigenvalue weighted by Crippen LogP contribution is -2.58. The van der Waals surface area contributed by atoms with Crippen LogP contribution in [0.25, 0.3) is 0 Å². The second-order valence-corrected chi connectivity index (χ2v) is 10.5. The molecule has 1 aromatic carbocycles. The van der Waals surface area contributed by atoms with Crippen LogP contribution in [0.15, 0.2) is 24.3 Å². The standard InChI is InChI=1S/C23H30N2O3/c1-21(2,3)16-4-6-17(7-5-16)23-8-9-25(13-18(23)12-23)19(26)15-10-22(11-15)14-28-20(27)24-22/h4-7,15,18H,8-14H2,1-3H3,(H,24,27)/t15-,18?,22+,23?. The Morgan fingerprint density at radius 2 is 1.89 bits per heavy atom. The lowest BCUT2D eigenvalue weighted by Gasteiger charge is -2.44. The fourth-order valence-electron chi connectivity index (χ4n) is 5.65. The monoisotopic (exact) mass is 382 g/mol. The first-order valence-electron chi connectivity index (χ1n) is 10.6. The molecular weight excluding hydrogens is 352 g/mol. The van der Waals surface area contributed by atoms with Crippen LogP contribution in [-0.2, 0) is 20.4 Å². The number of carbonyl (C=O) groups is 2. The van der Waals surface area contributed by atoms with Gasteiger partial charge in [0.05, 0.1) is 5.54 Å². The van der Waals surface area contributed by atoms with E-state index in [9.17, 15) is 9.59 Å². The first-order chi connectivity index (χ1) is 13.2. The van der Waals surface area contributed by atoms with Gasteiger partial charge in [-0.3, -0.25) is 4.79 Å². The van der Waals surface area contributed by atoms with Crippen molar-refractivity contribution < 1.29 is 14.3 Å². The van der Waals surface area contributed by atoms with E-state index in [1.54, 1.807) is 0 Å². The zero-order valence-electron chi connectivity index (χ0n) is 17.1. The van der Waals surface area contributed by atoms with Crippen molar-refractivity contribution in [2.24, 2.45) is 11.8 Å². The average molecular weight is 383 g/mol. The summed E-state index contributed by atoms with van der Waals surface area (Å²) in [5.74, 6) is 0.906. The first-order valence-corrected chi connectivity index (χ1v) is 10.6. The average Bonchev–Trinajstić information content (AvgIpc) is 3.25. The third-order valence-corrected chi connectivity index (χ3v) is 7.61. The summed E-state index contributed by atoms with van der Waals surface area (Å²) in [7, 11) is 0. The topological polar surface area (TPSA) is 58.6 Å². The largest absolute Gasteiger partial charge is 0.447 e. The van der Waals surface area contributed by atoms with Crippen molar-refractivity contribution in [3.05, 3.63) is 35.4 Å². The minimum absolute atomic E-state index is 0.0410. The summed E-state index contributed by atoms with van der Waals surface area (Å²) < 4.78 is 5.02. The predicted octanol–water partition coefficient (Wildman–Crippen LogP) is 3.36. The molecule has 2 saturated heterocycles. The molecule has 5 heteroatoms. The maximum absolute atomic E-state index is 12.9. The molecule has 5 nitrogen and oxygen atoms in total. The van der Waals surface area contributed by atoms with Crippen LogP contribution < -0.4 is 5.32 Å². The normalized spacial score (nSPS) is 36.4. The smallest absolute Gasteiger partial charge is 0.407 e. The molecule has 0 bridgehead atoms. The molecule has 2 aliphatic carbocycles. The highest BCUT2D eigenvalue weighted by Crippen LogP contribution is 2.59. The Labute approximate surface area is 166 Å². The van der Waals surface area contributed by atoms with Crippen LogP contribution in [0.1, 0.15) is 57.6 Å². The predicted molar refractivity (Wildman–Crippen MR) is 106 cm³/mol. The zero-order chi connectivity index (χ0) is 19.7. The van der Waals surface area contributed by atoms with Gasteiger partial charge in [-0.15, -0.1) is 0 Å². The van der Waals surface area contributed by atoms with E-state index in [4.69, 9.17) is 4.74 Å². The highest BCUT2D eigenvalue weighted by atomic mass is 16.6. The van der Waals surface area contributed by atoms with E-state index in [1.807, 2.05) is 0 Å². The van der Waals surface area contributed by atoms with Gasteiger partial charge in [0.1, 0.15) is 6.61 Å². The molecule has 5 rings (SSSR count). The Bertz CT molecular complexity index is 819. The van der Waals surface area contributed by atoms with Gasteiger partial charge < -0.3 is 15.0 Å². The van der Waals surface area contributed by atoms with Gasteiger partial charge in [0, 0.05) is 24.4 Å². The molecule has 1 spiro atoms. The lowest BCUT2D eigenvalue weighted by molar-refractivity contribution is -0.142. The molecule has 2 heterocycles. The molecular formula is C23H30N2O3. The molecule has 1 N–H and O–H groups in total. The minimum atomic E-state index is -0.343. The van der Waals surface area contributed by atoms with E-state index in [-0.39, 0.29) is 28.9 Å². The molecule has 1 aromatic rings. The van der Waals surface area contributed by atoms with Crippen LogP contribution in [0, 0.1) is 11.8 Å². The molecule has 150 valence electrons. The maximum atomic E-state index is 12.9. The Morgan fingerprint density at radius 1 is 1.18 bits per heavy atom. The van der Waals surface area contributed by atoms with Crippen LogP contribution in [0.4, 0.5) is 4.79 Å². The number of rotatable bonds is 2. The summed E-state index contributed by atoms with van der Waals surface area (Å²) in [4.78, 5) is 26.3. The number of likely N-dealkylation sites (tertiary alicyclic amines) is 1. The van der Waals surface area contributed by atoms with Gasteiger partial charge in [0.15, 0.2) is 0 Å². The van der Waals surface area contributed by atoms with Crippen LogP contribution in [0.5, 0.6) is 0 Å². The SMILES string of the molecule is CC(C)(C)c1ccc(C23CCN(C(=O)[C@H]4C[C@]5(COC(=O)N5)C4)CC2C3)cc1. The highest BCUT2D eigenvalue weighted by Gasteiger charge is 2.59. The van der Waals surface area contributed by atoms with Crippen molar-refractivity contribution in [1.82, 2.24) is 10.2 Å². The lowest BCUT2D eigenvalue weighted by atomic mass is 9.68. The second kappa shape index (κ2) is 5.74.